The van der Waals surface area contributed by atoms with Crippen molar-refractivity contribution in [2.75, 3.05) is 0 Å². The number of rotatable bonds is 5. The molecule has 2 aliphatic rings. The molecule has 0 bridgehead atoms. The van der Waals surface area contributed by atoms with Crippen molar-refractivity contribution in [3.8, 4) is 5.75 Å². The van der Waals surface area contributed by atoms with Crippen LogP contribution in [0.25, 0.3) is 11.8 Å². The van der Waals surface area contributed by atoms with Gasteiger partial charge in [-0.15, -0.1) is 0 Å². The average molecular weight is 763 g/mol. The van der Waals surface area contributed by atoms with Crippen LogP contribution in [-0.2, 0) is 13.0 Å². The van der Waals surface area contributed by atoms with E-state index in [0.717, 1.165) is 54.2 Å². The van der Waals surface area contributed by atoms with Crippen molar-refractivity contribution in [2.45, 2.75) is 25.5 Å². The maximum Gasteiger partial charge on any atom is 0.271 e. The highest BCUT2D eigenvalue weighted by Crippen LogP contribution is 2.41. The van der Waals surface area contributed by atoms with Gasteiger partial charge >= 0.3 is 0 Å². The largest absolute Gasteiger partial charge is 0.487 e. The summed E-state index contributed by atoms with van der Waals surface area (Å²) in [6.07, 6.45) is 3.71. The number of nitrogens with zero attached hydrogens (tertiary/aromatic N) is 2. The van der Waals surface area contributed by atoms with E-state index in [-0.39, 0.29) is 11.6 Å². The Bertz CT molecular complexity index is 2050. The van der Waals surface area contributed by atoms with Crippen LogP contribution in [0, 0.1) is 0 Å². The van der Waals surface area contributed by atoms with Crippen molar-refractivity contribution in [2.24, 2.45) is 4.99 Å². The van der Waals surface area contributed by atoms with Gasteiger partial charge in [-0.2, -0.15) is 0 Å². The summed E-state index contributed by atoms with van der Waals surface area (Å²) >= 11 is 12.3. The van der Waals surface area contributed by atoms with Crippen molar-refractivity contribution in [1.82, 2.24) is 4.57 Å². The van der Waals surface area contributed by atoms with Gasteiger partial charge in [-0.05, 0) is 81.4 Å². The lowest BCUT2D eigenvalue weighted by Crippen LogP contribution is -2.38. The maximum absolute atomic E-state index is 14.2. The minimum atomic E-state index is -0.220. The van der Waals surface area contributed by atoms with E-state index in [1.807, 2.05) is 65.2 Å². The molecule has 4 aromatic carbocycles. The third kappa shape index (κ3) is 5.19. The molecule has 0 amide bonds. The van der Waals surface area contributed by atoms with E-state index in [0.29, 0.717) is 21.7 Å². The summed E-state index contributed by atoms with van der Waals surface area (Å²) in [7, 11) is 0. The van der Waals surface area contributed by atoms with E-state index in [4.69, 9.17) is 9.73 Å². The van der Waals surface area contributed by atoms with Gasteiger partial charge in [0, 0.05) is 20.1 Å². The fraction of sp³-hybridized carbons (Fsp3) is 0.118. The Morgan fingerprint density at radius 1 is 0.905 bits per heavy atom. The summed E-state index contributed by atoms with van der Waals surface area (Å²) in [6, 6.07) is 30.5. The quantitative estimate of drug-likeness (QED) is 0.181. The normalized spacial score (nSPS) is 16.0. The van der Waals surface area contributed by atoms with Gasteiger partial charge in [-0.3, -0.25) is 9.36 Å². The molecule has 0 fully saturated rings. The number of benzene rings is 4. The minimum absolute atomic E-state index is 0.0535. The number of aromatic nitrogens is 1. The van der Waals surface area contributed by atoms with E-state index in [2.05, 4.69) is 84.2 Å². The Balaban J connectivity index is 1.40. The molecular weight excluding hydrogens is 740 g/mol. The number of hydrogen-bond donors (Lipinski definition) is 0. The molecule has 1 aliphatic heterocycles. The van der Waals surface area contributed by atoms with E-state index >= 15 is 0 Å². The van der Waals surface area contributed by atoms with Crippen LogP contribution in [0.15, 0.2) is 120 Å². The first-order chi connectivity index (χ1) is 20.5. The fourth-order valence-corrected chi connectivity index (χ4v) is 8.31. The van der Waals surface area contributed by atoms with Gasteiger partial charge in [0.25, 0.3) is 5.56 Å². The predicted molar refractivity (Wildman–Crippen MR) is 180 cm³/mol. The van der Waals surface area contributed by atoms with Crippen LogP contribution in [0.2, 0.25) is 0 Å². The van der Waals surface area contributed by atoms with Crippen LogP contribution in [0.1, 0.15) is 40.3 Å². The summed E-state index contributed by atoms with van der Waals surface area (Å²) in [5, 5.41) is 0. The molecule has 0 spiro atoms. The van der Waals surface area contributed by atoms with Crippen molar-refractivity contribution < 1.29 is 4.74 Å². The molecule has 2 heterocycles. The summed E-state index contributed by atoms with van der Waals surface area (Å²) in [5.41, 5.74) is 7.54. The standard InChI is InChI=1S/C34H23Br3N2O2S/c35-24-13-10-22(11-14-24)31-27-15-12-21-8-4-5-9-26(21)30(27)38-34-39(31)33(40)29(42-34)17-23-16-25(36)18-28(37)32(23)41-19-20-6-2-1-3-7-20/h1-11,13-14,16-18,31H,12,15,19H2/b29-17+/t31-/m1/s1. The number of halogens is 3. The van der Waals surface area contributed by atoms with Gasteiger partial charge in [-0.1, -0.05) is 110 Å². The fourth-order valence-electron chi connectivity index (χ4n) is 5.68. The van der Waals surface area contributed by atoms with Gasteiger partial charge in [0.2, 0.25) is 0 Å². The lowest BCUT2D eigenvalue weighted by atomic mass is 9.83. The number of fused-ring (bicyclic) bond motifs is 3. The molecule has 1 aromatic heterocycles. The molecule has 0 unspecified atom stereocenters. The van der Waals surface area contributed by atoms with Crippen molar-refractivity contribution in [1.29, 1.82) is 0 Å². The van der Waals surface area contributed by atoms with E-state index in [1.54, 1.807) is 0 Å². The molecule has 4 nitrogen and oxygen atoms in total. The number of thiazole rings is 1. The van der Waals surface area contributed by atoms with E-state index < -0.39 is 0 Å². The zero-order chi connectivity index (χ0) is 28.8. The first kappa shape index (κ1) is 27.8. The molecule has 7 rings (SSSR count). The maximum atomic E-state index is 14.2. The summed E-state index contributed by atoms with van der Waals surface area (Å²) in [6.45, 7) is 0.416. The monoisotopic (exact) mass is 760 g/mol. The highest BCUT2D eigenvalue weighted by Gasteiger charge is 2.32. The molecule has 0 saturated heterocycles. The second-order valence-electron chi connectivity index (χ2n) is 10.2. The van der Waals surface area contributed by atoms with Crippen molar-refractivity contribution in [3.05, 3.63) is 157 Å². The Morgan fingerprint density at radius 3 is 2.48 bits per heavy atom. The van der Waals surface area contributed by atoms with Crippen LogP contribution < -0.4 is 19.6 Å². The lowest BCUT2D eigenvalue weighted by Gasteiger charge is -2.30. The Labute approximate surface area is 272 Å². The molecular formula is C34H23Br3N2O2S. The first-order valence-electron chi connectivity index (χ1n) is 13.5. The van der Waals surface area contributed by atoms with Crippen LogP contribution in [0.4, 0.5) is 0 Å². The zero-order valence-electron chi connectivity index (χ0n) is 22.2. The van der Waals surface area contributed by atoms with Crippen LogP contribution in [-0.4, -0.2) is 4.57 Å². The molecule has 1 aliphatic carbocycles. The minimum Gasteiger partial charge on any atom is -0.487 e. The van der Waals surface area contributed by atoms with Gasteiger partial charge in [0.15, 0.2) is 4.80 Å². The molecule has 8 heteroatoms. The Morgan fingerprint density at radius 2 is 1.67 bits per heavy atom. The van der Waals surface area contributed by atoms with Crippen molar-refractivity contribution >= 4 is 70.9 Å². The topological polar surface area (TPSA) is 43.6 Å². The summed E-state index contributed by atoms with van der Waals surface area (Å²) < 4.78 is 11.5. The number of allylic oxidation sites excluding steroid dienone is 1. The molecule has 1 atom stereocenters. The van der Waals surface area contributed by atoms with Gasteiger partial charge in [0.1, 0.15) is 12.4 Å². The number of ether oxygens (including phenoxy) is 1. The SMILES string of the molecule is O=c1/c(=C\c2cc(Br)cc(Br)c2OCc2ccccc2)sc2n1[C@H](c1ccc(Br)cc1)C1=C(N=2)c2ccccc2CC1. The second kappa shape index (κ2) is 11.6. The predicted octanol–water partition coefficient (Wildman–Crippen LogP) is 8.19. The van der Waals surface area contributed by atoms with Gasteiger partial charge in [0.05, 0.1) is 20.7 Å². The first-order valence-corrected chi connectivity index (χ1v) is 16.7. The molecule has 5 aromatic rings. The van der Waals surface area contributed by atoms with Gasteiger partial charge in [-0.25, -0.2) is 4.99 Å². The molecule has 208 valence electrons. The van der Waals surface area contributed by atoms with Gasteiger partial charge < -0.3 is 4.74 Å². The van der Waals surface area contributed by atoms with Crippen molar-refractivity contribution in [3.63, 3.8) is 0 Å². The summed E-state index contributed by atoms with van der Waals surface area (Å²) in [5.74, 6) is 0.686. The number of aryl methyl sites for hydroxylation is 1. The highest BCUT2D eigenvalue weighted by atomic mass is 79.9. The zero-order valence-corrected chi connectivity index (χ0v) is 27.8. The van der Waals surface area contributed by atoms with Crippen LogP contribution in [0.3, 0.4) is 0 Å². The number of hydrogen-bond acceptors (Lipinski definition) is 4. The molecule has 0 N–H and O–H groups in total. The third-order valence-electron chi connectivity index (χ3n) is 7.61. The van der Waals surface area contributed by atoms with Crippen LogP contribution in [0.5, 0.6) is 5.75 Å². The Hall–Kier alpha value is -3.04. The molecule has 42 heavy (non-hydrogen) atoms. The second-order valence-corrected chi connectivity index (χ2v) is 13.9. The average Bonchev–Trinajstić information content (AvgIpc) is 3.30. The highest BCUT2D eigenvalue weighted by molar-refractivity contribution is 9.11. The smallest absolute Gasteiger partial charge is 0.271 e. The van der Waals surface area contributed by atoms with E-state index in [9.17, 15) is 4.79 Å². The van der Waals surface area contributed by atoms with E-state index in [1.165, 1.54) is 22.5 Å². The lowest BCUT2D eigenvalue weighted by molar-refractivity contribution is 0.303. The molecule has 0 radical (unpaired) electrons. The Kier molecular flexibility index (Phi) is 7.65. The third-order valence-corrected chi connectivity index (χ3v) is 10.2. The summed E-state index contributed by atoms with van der Waals surface area (Å²) in [4.78, 5) is 20.1. The molecule has 0 saturated carbocycles. The van der Waals surface area contributed by atoms with Crippen LogP contribution >= 0.6 is 59.1 Å².